The molecule has 0 aliphatic heterocycles. The normalized spacial score (nSPS) is 32.2. The molecular formula is C18H19N3O. The standard InChI is InChI=1S/C18H19N3O/c19-14-9-10-15(14)22-18(16-7-2-8-17(20)21-16)11-3-5-12-4-1-6-13(12)18/h1-8,11,14-15H,9-10,19H2,(H2,20,21). The summed E-state index contributed by atoms with van der Waals surface area (Å²) >= 11 is 0. The lowest BCUT2D eigenvalue weighted by atomic mass is 9.80. The molecule has 1 heterocycles. The predicted octanol–water partition coefficient (Wildman–Crippen LogP) is 2.36. The van der Waals surface area contributed by atoms with Crippen LogP contribution in [0.15, 0.2) is 65.8 Å². The van der Waals surface area contributed by atoms with Gasteiger partial charge in [0.1, 0.15) is 5.82 Å². The Balaban J connectivity index is 1.81. The molecule has 0 saturated heterocycles. The zero-order valence-electron chi connectivity index (χ0n) is 12.3. The first kappa shape index (κ1) is 13.5. The number of anilines is 1. The number of nitrogens with two attached hydrogens (primary N) is 2. The maximum atomic E-state index is 6.50. The Morgan fingerprint density at radius 1 is 1.18 bits per heavy atom. The lowest BCUT2D eigenvalue weighted by Crippen LogP contribution is -2.50. The van der Waals surface area contributed by atoms with Gasteiger partial charge in [-0.3, -0.25) is 0 Å². The van der Waals surface area contributed by atoms with E-state index in [2.05, 4.69) is 29.3 Å². The quantitative estimate of drug-likeness (QED) is 0.897. The molecule has 1 aromatic rings. The van der Waals surface area contributed by atoms with Crippen molar-refractivity contribution in [3.63, 3.8) is 0 Å². The Morgan fingerprint density at radius 2 is 2.09 bits per heavy atom. The molecule has 0 bridgehead atoms. The van der Waals surface area contributed by atoms with Crippen molar-refractivity contribution in [2.24, 2.45) is 5.73 Å². The molecule has 3 aliphatic carbocycles. The van der Waals surface area contributed by atoms with Crippen LogP contribution in [0.1, 0.15) is 18.5 Å². The lowest BCUT2D eigenvalue weighted by molar-refractivity contribution is -0.0917. The van der Waals surface area contributed by atoms with E-state index >= 15 is 0 Å². The Bertz CT molecular complexity index is 732. The molecule has 0 amide bonds. The monoisotopic (exact) mass is 293 g/mol. The van der Waals surface area contributed by atoms with E-state index in [1.165, 1.54) is 0 Å². The largest absolute Gasteiger partial charge is 0.384 e. The molecular weight excluding hydrogens is 274 g/mol. The van der Waals surface area contributed by atoms with Crippen molar-refractivity contribution in [2.45, 2.75) is 30.6 Å². The van der Waals surface area contributed by atoms with E-state index in [0.717, 1.165) is 29.7 Å². The molecule has 3 unspecified atom stereocenters. The molecule has 3 atom stereocenters. The first-order valence-corrected chi connectivity index (χ1v) is 7.64. The first-order chi connectivity index (χ1) is 10.7. The van der Waals surface area contributed by atoms with Crippen LogP contribution in [0, 0.1) is 0 Å². The van der Waals surface area contributed by atoms with E-state index in [9.17, 15) is 0 Å². The number of nitrogens with zero attached hydrogens (tertiary/aromatic N) is 1. The Kier molecular flexibility index (Phi) is 3.03. The minimum absolute atomic E-state index is 0.0498. The summed E-state index contributed by atoms with van der Waals surface area (Å²) in [4.78, 5) is 4.53. The van der Waals surface area contributed by atoms with Crippen molar-refractivity contribution in [3.8, 4) is 0 Å². The fourth-order valence-electron chi connectivity index (χ4n) is 3.22. The highest BCUT2D eigenvalue weighted by atomic mass is 16.5. The van der Waals surface area contributed by atoms with Crippen LogP contribution < -0.4 is 11.5 Å². The van der Waals surface area contributed by atoms with E-state index in [4.69, 9.17) is 16.2 Å². The van der Waals surface area contributed by atoms with Crippen molar-refractivity contribution >= 4 is 5.82 Å². The molecule has 112 valence electrons. The van der Waals surface area contributed by atoms with Gasteiger partial charge >= 0.3 is 0 Å². The van der Waals surface area contributed by atoms with Crippen molar-refractivity contribution in [1.82, 2.24) is 4.98 Å². The van der Waals surface area contributed by atoms with Gasteiger partial charge in [-0.15, -0.1) is 0 Å². The number of pyridine rings is 1. The summed E-state index contributed by atoms with van der Waals surface area (Å²) in [5.41, 5.74) is 14.4. The van der Waals surface area contributed by atoms with E-state index in [1.807, 2.05) is 24.3 Å². The molecule has 4 heteroatoms. The number of nitrogen functional groups attached to an aromatic ring is 1. The van der Waals surface area contributed by atoms with Crippen molar-refractivity contribution in [1.29, 1.82) is 0 Å². The minimum atomic E-state index is -0.703. The van der Waals surface area contributed by atoms with Crippen LogP contribution in [0.4, 0.5) is 5.82 Å². The van der Waals surface area contributed by atoms with Crippen LogP contribution in [0.5, 0.6) is 0 Å². The van der Waals surface area contributed by atoms with Crippen LogP contribution in [0.2, 0.25) is 0 Å². The second-order valence-corrected chi connectivity index (χ2v) is 6.00. The van der Waals surface area contributed by atoms with Crippen LogP contribution in [-0.2, 0) is 10.3 Å². The third-order valence-electron chi connectivity index (χ3n) is 4.61. The summed E-state index contributed by atoms with van der Waals surface area (Å²) in [6.07, 6.45) is 14.4. The number of fused-ring (bicyclic) bond motifs is 1. The number of rotatable bonds is 3. The SMILES string of the molecule is Nc1cccc(C2(OC3CCC3N)C=CC=C3C=CC=C32)n1. The Morgan fingerprint density at radius 3 is 2.82 bits per heavy atom. The summed E-state index contributed by atoms with van der Waals surface area (Å²) in [5, 5.41) is 0. The van der Waals surface area contributed by atoms with Crippen molar-refractivity contribution in [3.05, 3.63) is 71.5 Å². The molecule has 4 N–H and O–H groups in total. The molecule has 0 aromatic carbocycles. The topological polar surface area (TPSA) is 74.2 Å². The number of allylic oxidation sites excluding steroid dienone is 5. The van der Waals surface area contributed by atoms with Gasteiger partial charge in [-0.2, -0.15) is 0 Å². The molecule has 0 spiro atoms. The molecule has 1 aromatic heterocycles. The third kappa shape index (κ3) is 1.95. The fraction of sp³-hybridized carbons (Fsp3) is 0.278. The van der Waals surface area contributed by atoms with Gasteiger partial charge in [0.15, 0.2) is 5.60 Å². The van der Waals surface area contributed by atoms with Gasteiger partial charge in [0.05, 0.1) is 11.8 Å². The average Bonchev–Trinajstić information content (AvgIpc) is 3.01. The highest BCUT2D eigenvalue weighted by Gasteiger charge is 2.44. The maximum absolute atomic E-state index is 6.50. The van der Waals surface area contributed by atoms with Crippen LogP contribution in [0.3, 0.4) is 0 Å². The second kappa shape index (κ2) is 4.93. The number of hydrogen-bond acceptors (Lipinski definition) is 4. The maximum Gasteiger partial charge on any atom is 0.155 e. The Labute approximate surface area is 129 Å². The second-order valence-electron chi connectivity index (χ2n) is 6.00. The predicted molar refractivity (Wildman–Crippen MR) is 86.9 cm³/mol. The lowest BCUT2D eigenvalue weighted by Gasteiger charge is -2.43. The highest BCUT2D eigenvalue weighted by Crippen LogP contribution is 2.45. The van der Waals surface area contributed by atoms with Gasteiger partial charge in [0.25, 0.3) is 0 Å². The number of ether oxygens (including phenoxy) is 1. The molecule has 3 aliphatic rings. The van der Waals surface area contributed by atoms with Gasteiger partial charge in [-0.1, -0.05) is 36.4 Å². The van der Waals surface area contributed by atoms with E-state index < -0.39 is 5.60 Å². The first-order valence-electron chi connectivity index (χ1n) is 7.64. The summed E-state index contributed by atoms with van der Waals surface area (Å²) in [6, 6.07) is 5.76. The van der Waals surface area contributed by atoms with Gasteiger partial charge < -0.3 is 16.2 Å². The summed E-state index contributed by atoms with van der Waals surface area (Å²) in [7, 11) is 0. The van der Waals surface area contributed by atoms with Gasteiger partial charge in [-0.05, 0) is 36.6 Å². The molecule has 22 heavy (non-hydrogen) atoms. The molecule has 0 radical (unpaired) electrons. The van der Waals surface area contributed by atoms with Gasteiger partial charge in [-0.25, -0.2) is 4.98 Å². The highest BCUT2D eigenvalue weighted by molar-refractivity contribution is 5.60. The molecule has 4 rings (SSSR count). The zero-order valence-corrected chi connectivity index (χ0v) is 12.3. The fourth-order valence-corrected chi connectivity index (χ4v) is 3.22. The van der Waals surface area contributed by atoms with Crippen LogP contribution >= 0.6 is 0 Å². The summed E-state index contributed by atoms with van der Waals surface area (Å²) in [5.74, 6) is 0.495. The average molecular weight is 293 g/mol. The number of aromatic nitrogens is 1. The van der Waals surface area contributed by atoms with Crippen molar-refractivity contribution in [2.75, 3.05) is 5.73 Å². The van der Waals surface area contributed by atoms with E-state index in [-0.39, 0.29) is 12.1 Å². The minimum Gasteiger partial charge on any atom is -0.384 e. The van der Waals surface area contributed by atoms with E-state index in [0.29, 0.717) is 5.82 Å². The van der Waals surface area contributed by atoms with Crippen molar-refractivity contribution < 1.29 is 4.74 Å². The Hall–Kier alpha value is -2.17. The third-order valence-corrected chi connectivity index (χ3v) is 4.61. The van der Waals surface area contributed by atoms with Gasteiger partial charge in [0.2, 0.25) is 0 Å². The summed E-state index contributed by atoms with van der Waals surface area (Å²) < 4.78 is 6.50. The number of hydrogen-bond donors (Lipinski definition) is 2. The molecule has 1 fully saturated rings. The van der Waals surface area contributed by atoms with E-state index in [1.54, 1.807) is 6.07 Å². The van der Waals surface area contributed by atoms with Crippen LogP contribution in [0.25, 0.3) is 0 Å². The van der Waals surface area contributed by atoms with Crippen LogP contribution in [-0.4, -0.2) is 17.1 Å². The zero-order chi connectivity index (χ0) is 15.2. The van der Waals surface area contributed by atoms with Gasteiger partial charge in [0, 0.05) is 11.6 Å². The smallest absolute Gasteiger partial charge is 0.155 e. The summed E-state index contributed by atoms with van der Waals surface area (Å²) in [6.45, 7) is 0. The molecule has 1 saturated carbocycles. The molecule has 4 nitrogen and oxygen atoms in total.